The zero-order valence-corrected chi connectivity index (χ0v) is 15.6. The molecule has 1 heterocycles. The van der Waals surface area contributed by atoms with Gasteiger partial charge in [-0.25, -0.2) is 8.42 Å². The van der Waals surface area contributed by atoms with Crippen LogP contribution < -0.4 is 0 Å². The summed E-state index contributed by atoms with van der Waals surface area (Å²) in [5, 5.41) is 0. The van der Waals surface area contributed by atoms with Crippen LogP contribution in [-0.2, 0) is 16.3 Å². The monoisotopic (exact) mass is 364 g/mol. The number of nitrogens with zero attached hydrogens (tertiary/aromatic N) is 2. The summed E-state index contributed by atoms with van der Waals surface area (Å²) >= 11 is 0. The maximum atomic E-state index is 12.2. The Morgan fingerprint density at radius 1 is 1.00 bits per heavy atom. The largest absolute Gasteiger partial charge is 0.366 e. The third-order valence-corrected chi connectivity index (χ3v) is 5.28. The molecular formula is C18H21ClN2O2S. The second-order valence-electron chi connectivity index (χ2n) is 6.03. The smallest absolute Gasteiger partial charge is 0.175 e. The number of likely N-dealkylation sites (N-methyl/N-ethyl adjacent to an activating group) is 1. The molecule has 1 atom stereocenters. The van der Waals surface area contributed by atoms with E-state index in [9.17, 15) is 8.42 Å². The average Bonchev–Trinajstić information content (AvgIpc) is 2.53. The Morgan fingerprint density at radius 2 is 1.58 bits per heavy atom. The molecular weight excluding hydrogens is 344 g/mol. The summed E-state index contributed by atoms with van der Waals surface area (Å²) in [6.45, 7) is 0. The Kier molecular flexibility index (Phi) is 5.35. The number of rotatable bonds is 2. The maximum absolute atomic E-state index is 12.2. The lowest BCUT2D eigenvalue weighted by atomic mass is 9.90. The number of benzene rings is 2. The highest BCUT2D eigenvalue weighted by Gasteiger charge is 2.27. The highest BCUT2D eigenvalue weighted by Crippen LogP contribution is 2.36. The Morgan fingerprint density at radius 3 is 2.21 bits per heavy atom. The van der Waals surface area contributed by atoms with Gasteiger partial charge in [0.1, 0.15) is 11.9 Å². The molecule has 0 amide bonds. The lowest BCUT2D eigenvalue weighted by Gasteiger charge is -2.28. The summed E-state index contributed by atoms with van der Waals surface area (Å²) in [5.74, 6) is 0.956. The molecule has 0 aliphatic carbocycles. The van der Waals surface area contributed by atoms with Crippen LogP contribution in [0.25, 0.3) is 0 Å². The molecule has 2 aromatic rings. The Balaban J connectivity index is 0.00000208. The predicted octanol–water partition coefficient (Wildman–Crippen LogP) is 3.12. The Hall–Kier alpha value is -1.85. The van der Waals surface area contributed by atoms with Crippen molar-refractivity contribution in [1.29, 1.82) is 0 Å². The van der Waals surface area contributed by atoms with Crippen LogP contribution in [0.2, 0.25) is 0 Å². The number of hydrogen-bond acceptors (Lipinski definition) is 4. The highest BCUT2D eigenvalue weighted by molar-refractivity contribution is 7.90. The van der Waals surface area contributed by atoms with Crippen LogP contribution in [0.3, 0.4) is 0 Å². The first kappa shape index (κ1) is 18.5. The number of amidine groups is 1. The molecule has 3 rings (SSSR count). The summed E-state index contributed by atoms with van der Waals surface area (Å²) in [4.78, 5) is 7.19. The fraction of sp³-hybridized carbons (Fsp3) is 0.278. The summed E-state index contributed by atoms with van der Waals surface area (Å²) < 4.78 is 24.3. The summed E-state index contributed by atoms with van der Waals surface area (Å²) in [6, 6.07) is 15.0. The minimum Gasteiger partial charge on any atom is -0.366 e. The fourth-order valence-corrected chi connectivity index (χ4v) is 3.88. The molecule has 0 saturated heterocycles. The maximum Gasteiger partial charge on any atom is 0.175 e. The van der Waals surface area contributed by atoms with E-state index in [-0.39, 0.29) is 18.4 Å². The third-order valence-electron chi connectivity index (χ3n) is 4.11. The van der Waals surface area contributed by atoms with Crippen LogP contribution in [0.1, 0.15) is 22.7 Å². The molecule has 1 aliphatic rings. The van der Waals surface area contributed by atoms with Gasteiger partial charge >= 0.3 is 0 Å². The van der Waals surface area contributed by atoms with Gasteiger partial charge < -0.3 is 4.90 Å². The average molecular weight is 365 g/mol. The van der Waals surface area contributed by atoms with Crippen LogP contribution in [0.15, 0.2) is 58.4 Å². The SMILES string of the molecule is CN(C)C1=NC(c2ccccc2S(C)(=O)=O)c2ccccc2C1.Cl. The molecule has 0 bridgehead atoms. The molecule has 0 spiro atoms. The zero-order chi connectivity index (χ0) is 16.6. The van der Waals surface area contributed by atoms with Crippen molar-refractivity contribution in [2.24, 2.45) is 4.99 Å². The van der Waals surface area contributed by atoms with Gasteiger partial charge in [-0.1, -0.05) is 42.5 Å². The van der Waals surface area contributed by atoms with Crippen LogP contribution in [0.5, 0.6) is 0 Å². The molecule has 0 radical (unpaired) electrons. The van der Waals surface area contributed by atoms with E-state index in [0.29, 0.717) is 4.90 Å². The van der Waals surface area contributed by atoms with Gasteiger partial charge in [0.25, 0.3) is 0 Å². The molecule has 0 fully saturated rings. The van der Waals surface area contributed by atoms with E-state index in [4.69, 9.17) is 4.99 Å². The lowest BCUT2D eigenvalue weighted by molar-refractivity contribution is 0.587. The molecule has 24 heavy (non-hydrogen) atoms. The predicted molar refractivity (Wildman–Crippen MR) is 99.9 cm³/mol. The molecule has 1 unspecified atom stereocenters. The molecule has 6 heteroatoms. The highest BCUT2D eigenvalue weighted by atomic mass is 35.5. The van der Waals surface area contributed by atoms with Crippen molar-refractivity contribution in [2.75, 3.05) is 20.4 Å². The quantitative estimate of drug-likeness (QED) is 0.822. The van der Waals surface area contributed by atoms with Gasteiger partial charge in [0.05, 0.1) is 4.90 Å². The molecule has 0 saturated carbocycles. The van der Waals surface area contributed by atoms with Crippen molar-refractivity contribution in [3.63, 3.8) is 0 Å². The Bertz CT molecular complexity index is 876. The number of sulfone groups is 1. The zero-order valence-electron chi connectivity index (χ0n) is 13.9. The first-order chi connectivity index (χ1) is 10.9. The molecule has 128 valence electrons. The fourth-order valence-electron chi connectivity index (χ4n) is 2.95. The van der Waals surface area contributed by atoms with Gasteiger partial charge in [0, 0.05) is 26.8 Å². The molecule has 0 aromatic heterocycles. The lowest BCUT2D eigenvalue weighted by Crippen LogP contribution is -2.29. The standard InChI is InChI=1S/C18H20N2O2S.ClH/c1-20(2)17-12-13-8-4-5-9-14(13)18(19-17)15-10-6-7-11-16(15)23(3,21)22;/h4-11,18H,12H2,1-3H3;1H. The summed E-state index contributed by atoms with van der Waals surface area (Å²) in [7, 11) is 0.623. The van der Waals surface area contributed by atoms with Gasteiger partial charge in [-0.15, -0.1) is 12.4 Å². The van der Waals surface area contributed by atoms with Gasteiger partial charge in [-0.3, -0.25) is 4.99 Å². The van der Waals surface area contributed by atoms with Crippen LogP contribution in [-0.4, -0.2) is 39.5 Å². The summed E-state index contributed by atoms with van der Waals surface area (Å²) in [5.41, 5.74) is 3.01. The number of hydrogen-bond donors (Lipinski definition) is 0. The minimum absolute atomic E-state index is 0. The van der Waals surface area contributed by atoms with Crippen molar-refractivity contribution >= 4 is 28.1 Å². The van der Waals surface area contributed by atoms with Gasteiger partial charge in [0.15, 0.2) is 9.84 Å². The second-order valence-corrected chi connectivity index (χ2v) is 8.01. The van der Waals surface area contributed by atoms with E-state index >= 15 is 0 Å². The molecule has 4 nitrogen and oxygen atoms in total. The topological polar surface area (TPSA) is 49.7 Å². The van der Waals surface area contributed by atoms with E-state index < -0.39 is 9.84 Å². The van der Waals surface area contributed by atoms with Gasteiger partial charge in [-0.05, 0) is 22.8 Å². The van der Waals surface area contributed by atoms with Crippen molar-refractivity contribution in [1.82, 2.24) is 4.90 Å². The second kappa shape index (κ2) is 6.95. The van der Waals surface area contributed by atoms with Crippen molar-refractivity contribution < 1.29 is 8.42 Å². The van der Waals surface area contributed by atoms with Crippen LogP contribution in [0, 0.1) is 0 Å². The molecule has 2 aromatic carbocycles. The van der Waals surface area contributed by atoms with E-state index in [1.165, 1.54) is 11.8 Å². The van der Waals surface area contributed by atoms with Crippen molar-refractivity contribution in [3.8, 4) is 0 Å². The number of fused-ring (bicyclic) bond motifs is 1. The third kappa shape index (κ3) is 3.47. The first-order valence-corrected chi connectivity index (χ1v) is 9.38. The normalized spacial score (nSPS) is 16.6. The van der Waals surface area contributed by atoms with E-state index in [1.807, 2.05) is 49.3 Å². The van der Waals surface area contributed by atoms with Crippen LogP contribution in [0.4, 0.5) is 0 Å². The van der Waals surface area contributed by atoms with E-state index in [1.54, 1.807) is 12.1 Å². The first-order valence-electron chi connectivity index (χ1n) is 7.48. The minimum atomic E-state index is -3.31. The Labute approximate surface area is 149 Å². The molecule has 1 aliphatic heterocycles. The van der Waals surface area contributed by atoms with Crippen LogP contribution >= 0.6 is 12.4 Å². The van der Waals surface area contributed by atoms with Crippen molar-refractivity contribution in [2.45, 2.75) is 17.4 Å². The van der Waals surface area contributed by atoms with Crippen molar-refractivity contribution in [3.05, 3.63) is 65.2 Å². The van der Waals surface area contributed by atoms with Gasteiger partial charge in [-0.2, -0.15) is 0 Å². The van der Waals surface area contributed by atoms with Gasteiger partial charge in [0.2, 0.25) is 0 Å². The molecule has 0 N–H and O–H groups in total. The summed E-state index contributed by atoms with van der Waals surface area (Å²) in [6.07, 6.45) is 2.01. The van der Waals surface area contributed by atoms with E-state index in [0.717, 1.165) is 23.4 Å². The van der Waals surface area contributed by atoms with E-state index in [2.05, 4.69) is 6.07 Å². The number of aliphatic imine (C=N–C) groups is 1. The number of halogens is 1.